The first-order chi connectivity index (χ1) is 10.8. The molecule has 4 unspecified atom stereocenters. The lowest BCUT2D eigenvalue weighted by molar-refractivity contribution is -0.395. The minimum atomic E-state index is -1.31. The Morgan fingerprint density at radius 1 is 1.26 bits per heavy atom. The molecule has 1 aromatic rings. The van der Waals surface area contributed by atoms with E-state index in [4.69, 9.17) is 14.6 Å². The molecule has 1 heterocycles. The molecule has 1 aliphatic heterocycles. The van der Waals surface area contributed by atoms with Gasteiger partial charge in [0.15, 0.2) is 0 Å². The van der Waals surface area contributed by atoms with Crippen LogP contribution in [-0.4, -0.2) is 56.4 Å². The average molecular weight is 330 g/mol. The molecule has 0 aliphatic carbocycles. The van der Waals surface area contributed by atoms with Crippen LogP contribution in [0.1, 0.15) is 6.42 Å². The molecule has 23 heavy (non-hydrogen) atoms. The number of aliphatic hydroxyl groups is 3. The largest absolute Gasteiger partial charge is 0.458 e. The van der Waals surface area contributed by atoms with Crippen molar-refractivity contribution in [2.75, 3.05) is 6.61 Å². The number of hydrogen-bond acceptors (Lipinski definition) is 9. The van der Waals surface area contributed by atoms with Gasteiger partial charge < -0.3 is 24.8 Å². The molecule has 0 amide bonds. The molecule has 1 aromatic carbocycles. The SMILES string of the molecule is O=[N+]([O-])c1ccc(OC2CC(O)C(O)C(CO)O2)c([N+](=O)[O-])c1. The number of rotatable bonds is 5. The van der Waals surface area contributed by atoms with Crippen LogP contribution in [0.3, 0.4) is 0 Å². The molecule has 126 valence electrons. The van der Waals surface area contributed by atoms with Crippen molar-refractivity contribution in [3.05, 3.63) is 38.4 Å². The molecular formula is C12H14N2O9. The van der Waals surface area contributed by atoms with E-state index in [2.05, 4.69) is 0 Å². The fraction of sp³-hybridized carbons (Fsp3) is 0.500. The summed E-state index contributed by atoms with van der Waals surface area (Å²) in [4.78, 5) is 20.0. The van der Waals surface area contributed by atoms with Gasteiger partial charge in [-0.1, -0.05) is 0 Å². The first-order valence-corrected chi connectivity index (χ1v) is 6.55. The van der Waals surface area contributed by atoms with Crippen molar-refractivity contribution in [1.82, 2.24) is 0 Å². The maximum Gasteiger partial charge on any atom is 0.317 e. The number of nitro benzene ring substituents is 2. The molecule has 1 saturated heterocycles. The van der Waals surface area contributed by atoms with Gasteiger partial charge in [-0.05, 0) is 6.07 Å². The summed E-state index contributed by atoms with van der Waals surface area (Å²) < 4.78 is 10.5. The Kier molecular flexibility index (Phi) is 5.05. The molecule has 0 bridgehead atoms. The average Bonchev–Trinajstić information content (AvgIpc) is 2.50. The van der Waals surface area contributed by atoms with E-state index in [-0.39, 0.29) is 12.2 Å². The maximum atomic E-state index is 11.0. The van der Waals surface area contributed by atoms with Gasteiger partial charge in [0.25, 0.3) is 5.69 Å². The predicted molar refractivity (Wildman–Crippen MR) is 72.8 cm³/mol. The normalized spacial score (nSPS) is 27.4. The van der Waals surface area contributed by atoms with Crippen molar-refractivity contribution in [2.24, 2.45) is 0 Å². The Labute approximate surface area is 129 Å². The van der Waals surface area contributed by atoms with Gasteiger partial charge in [-0.15, -0.1) is 0 Å². The Bertz CT molecular complexity index is 608. The lowest BCUT2D eigenvalue weighted by Gasteiger charge is -2.35. The Hall–Kier alpha value is -2.34. The summed E-state index contributed by atoms with van der Waals surface area (Å²) in [6.07, 6.45) is -5.02. The zero-order chi connectivity index (χ0) is 17.1. The van der Waals surface area contributed by atoms with E-state index < -0.39 is 52.4 Å². The van der Waals surface area contributed by atoms with Gasteiger partial charge in [-0.3, -0.25) is 20.2 Å². The highest BCUT2D eigenvalue weighted by Crippen LogP contribution is 2.33. The van der Waals surface area contributed by atoms with Crippen molar-refractivity contribution in [1.29, 1.82) is 0 Å². The third-order valence-corrected chi connectivity index (χ3v) is 3.32. The number of benzene rings is 1. The molecular weight excluding hydrogens is 316 g/mol. The fourth-order valence-electron chi connectivity index (χ4n) is 2.15. The second-order valence-electron chi connectivity index (χ2n) is 4.86. The van der Waals surface area contributed by atoms with Gasteiger partial charge in [0, 0.05) is 12.5 Å². The molecule has 11 heteroatoms. The lowest BCUT2D eigenvalue weighted by Crippen LogP contribution is -2.51. The number of aliphatic hydroxyl groups excluding tert-OH is 3. The Morgan fingerprint density at radius 2 is 1.96 bits per heavy atom. The van der Waals surface area contributed by atoms with E-state index >= 15 is 0 Å². The number of nitro groups is 2. The molecule has 0 aromatic heterocycles. The molecule has 1 fully saturated rings. The summed E-state index contributed by atoms with van der Waals surface area (Å²) in [6.45, 7) is -0.583. The lowest BCUT2D eigenvalue weighted by atomic mass is 10.0. The first kappa shape index (κ1) is 17.0. The zero-order valence-electron chi connectivity index (χ0n) is 11.6. The summed E-state index contributed by atoms with van der Waals surface area (Å²) in [7, 11) is 0. The predicted octanol–water partition coefficient (Wildman–Crippen LogP) is -0.289. The standard InChI is InChI=1S/C12H14N2O9/c15-5-10-12(17)8(16)4-11(23-10)22-9-2-1-6(13(18)19)3-7(9)14(20)21/h1-3,8,10-12,15-17H,4-5H2. The van der Waals surface area contributed by atoms with Crippen LogP contribution in [0.15, 0.2) is 18.2 Å². The quantitative estimate of drug-likeness (QED) is 0.485. The first-order valence-electron chi connectivity index (χ1n) is 6.55. The Morgan fingerprint density at radius 3 is 2.52 bits per heavy atom. The minimum absolute atomic E-state index is 0.189. The van der Waals surface area contributed by atoms with E-state index in [0.29, 0.717) is 0 Å². The highest BCUT2D eigenvalue weighted by molar-refractivity contribution is 5.53. The van der Waals surface area contributed by atoms with Crippen LogP contribution in [0.5, 0.6) is 5.75 Å². The number of hydrogen-bond donors (Lipinski definition) is 3. The second kappa shape index (κ2) is 6.83. The van der Waals surface area contributed by atoms with E-state index in [1.165, 1.54) is 0 Å². The van der Waals surface area contributed by atoms with E-state index in [0.717, 1.165) is 18.2 Å². The van der Waals surface area contributed by atoms with Crippen molar-refractivity contribution < 1.29 is 34.6 Å². The van der Waals surface area contributed by atoms with Gasteiger partial charge >= 0.3 is 5.69 Å². The zero-order valence-corrected chi connectivity index (χ0v) is 11.6. The molecule has 1 aliphatic rings. The summed E-state index contributed by atoms with van der Waals surface area (Å²) in [5.41, 5.74) is -1.11. The molecule has 0 spiro atoms. The van der Waals surface area contributed by atoms with Crippen molar-refractivity contribution in [3.8, 4) is 5.75 Å². The summed E-state index contributed by atoms with van der Waals surface area (Å²) in [6, 6.07) is 2.82. The van der Waals surface area contributed by atoms with Crippen LogP contribution in [0, 0.1) is 20.2 Å². The third kappa shape index (κ3) is 3.71. The molecule has 3 N–H and O–H groups in total. The number of ether oxygens (including phenoxy) is 2. The van der Waals surface area contributed by atoms with Crippen molar-refractivity contribution >= 4 is 11.4 Å². The van der Waals surface area contributed by atoms with Gasteiger partial charge in [-0.2, -0.15) is 0 Å². The van der Waals surface area contributed by atoms with Crippen molar-refractivity contribution in [3.63, 3.8) is 0 Å². The maximum absolute atomic E-state index is 11.0. The third-order valence-electron chi connectivity index (χ3n) is 3.32. The molecule has 2 rings (SSSR count). The van der Waals surface area contributed by atoms with Gasteiger partial charge in [0.05, 0.1) is 28.6 Å². The van der Waals surface area contributed by atoms with Crippen molar-refractivity contribution in [2.45, 2.75) is 31.0 Å². The van der Waals surface area contributed by atoms with E-state index in [1.807, 2.05) is 0 Å². The summed E-state index contributed by atoms with van der Waals surface area (Å²) in [5, 5.41) is 50.0. The van der Waals surface area contributed by atoms with Gasteiger partial charge in [-0.25, -0.2) is 0 Å². The number of non-ortho nitro benzene ring substituents is 1. The molecule has 4 atom stereocenters. The van der Waals surface area contributed by atoms with E-state index in [9.17, 15) is 30.4 Å². The topological polar surface area (TPSA) is 165 Å². The fourth-order valence-corrected chi connectivity index (χ4v) is 2.15. The second-order valence-corrected chi connectivity index (χ2v) is 4.86. The van der Waals surface area contributed by atoms with Gasteiger partial charge in [0.1, 0.15) is 12.2 Å². The summed E-state index contributed by atoms with van der Waals surface area (Å²) >= 11 is 0. The monoisotopic (exact) mass is 330 g/mol. The Balaban J connectivity index is 2.22. The van der Waals surface area contributed by atoms with Crippen LogP contribution >= 0.6 is 0 Å². The van der Waals surface area contributed by atoms with Crippen LogP contribution in [0.4, 0.5) is 11.4 Å². The van der Waals surface area contributed by atoms with Crippen LogP contribution in [0.2, 0.25) is 0 Å². The smallest absolute Gasteiger partial charge is 0.317 e. The minimum Gasteiger partial charge on any atom is -0.458 e. The van der Waals surface area contributed by atoms with Crippen LogP contribution in [0.25, 0.3) is 0 Å². The molecule has 0 saturated carbocycles. The van der Waals surface area contributed by atoms with E-state index in [1.54, 1.807) is 0 Å². The molecule has 11 nitrogen and oxygen atoms in total. The van der Waals surface area contributed by atoms with Crippen LogP contribution < -0.4 is 4.74 Å². The highest BCUT2D eigenvalue weighted by Gasteiger charge is 2.38. The molecule has 0 radical (unpaired) electrons. The van der Waals surface area contributed by atoms with Crippen LogP contribution in [-0.2, 0) is 4.74 Å². The number of nitrogens with zero attached hydrogens (tertiary/aromatic N) is 2. The van der Waals surface area contributed by atoms with Gasteiger partial charge in [0.2, 0.25) is 12.0 Å². The highest BCUT2D eigenvalue weighted by atomic mass is 16.7. The summed E-state index contributed by atoms with van der Waals surface area (Å²) in [5.74, 6) is -0.286.